The van der Waals surface area contributed by atoms with Gasteiger partial charge in [0.1, 0.15) is 11.5 Å². The fraction of sp³-hybridized carbons (Fsp3) is 0.500. The van der Waals surface area contributed by atoms with Crippen molar-refractivity contribution in [3.05, 3.63) is 35.0 Å². The first kappa shape index (κ1) is 13.8. The summed E-state index contributed by atoms with van der Waals surface area (Å²) in [6.45, 7) is 3.36. The van der Waals surface area contributed by atoms with Gasteiger partial charge < -0.3 is 14.1 Å². The van der Waals surface area contributed by atoms with Gasteiger partial charge in [-0.1, -0.05) is 5.21 Å². The third-order valence-corrected chi connectivity index (χ3v) is 3.72. The molecule has 1 aliphatic rings. The molecule has 0 bridgehead atoms. The molecule has 2 aromatic rings. The summed E-state index contributed by atoms with van der Waals surface area (Å²) in [6, 6.07) is 3.49. The van der Waals surface area contributed by atoms with Crippen LogP contribution in [0.5, 0.6) is 0 Å². The van der Waals surface area contributed by atoms with Gasteiger partial charge in [0.2, 0.25) is 0 Å². The van der Waals surface area contributed by atoms with E-state index in [1.807, 2.05) is 14.0 Å². The number of aromatic nitrogens is 3. The van der Waals surface area contributed by atoms with E-state index in [-0.39, 0.29) is 11.8 Å². The monoisotopic (exact) mass is 290 g/mol. The smallest absolute Gasteiger partial charge is 0.289 e. The Labute approximate surface area is 122 Å². The van der Waals surface area contributed by atoms with E-state index in [0.29, 0.717) is 25.5 Å². The van der Waals surface area contributed by atoms with E-state index in [1.54, 1.807) is 28.8 Å². The Morgan fingerprint density at radius 1 is 1.52 bits per heavy atom. The molecule has 0 fully saturated rings. The summed E-state index contributed by atoms with van der Waals surface area (Å²) < 4.78 is 12.5. The second kappa shape index (κ2) is 5.33. The molecule has 7 heteroatoms. The molecule has 2 aromatic heterocycles. The maximum Gasteiger partial charge on any atom is 0.289 e. The molecule has 0 saturated heterocycles. The molecule has 3 heterocycles. The lowest BCUT2D eigenvalue weighted by Gasteiger charge is -2.31. The van der Waals surface area contributed by atoms with Crippen molar-refractivity contribution in [2.24, 2.45) is 7.05 Å². The fourth-order valence-electron chi connectivity index (χ4n) is 2.81. The topological polar surface area (TPSA) is 73.4 Å². The van der Waals surface area contributed by atoms with Crippen molar-refractivity contribution in [3.8, 4) is 0 Å². The molecule has 0 aliphatic carbocycles. The molecule has 1 amide bonds. The van der Waals surface area contributed by atoms with Crippen LogP contribution in [0.2, 0.25) is 0 Å². The molecule has 1 atom stereocenters. The number of aryl methyl sites for hydroxylation is 2. The van der Waals surface area contributed by atoms with Crippen LogP contribution in [0.1, 0.15) is 33.6 Å². The summed E-state index contributed by atoms with van der Waals surface area (Å²) in [5, 5.41) is 8.20. The third kappa shape index (κ3) is 2.44. The van der Waals surface area contributed by atoms with E-state index < -0.39 is 0 Å². The first-order valence-corrected chi connectivity index (χ1v) is 6.83. The number of amides is 1. The Hall–Kier alpha value is -2.15. The molecule has 0 spiro atoms. The zero-order valence-corrected chi connectivity index (χ0v) is 12.4. The lowest BCUT2D eigenvalue weighted by atomic mass is 9.99. The van der Waals surface area contributed by atoms with Crippen LogP contribution in [0.3, 0.4) is 0 Å². The van der Waals surface area contributed by atoms with Gasteiger partial charge in [0, 0.05) is 26.6 Å². The average molecular weight is 290 g/mol. The zero-order chi connectivity index (χ0) is 15.0. The molecule has 112 valence electrons. The SMILES string of the molecule is COCC1CN(C(=O)c2ccc(C)o2)Cc2nnn(C)c21. The predicted octanol–water partition coefficient (Wildman–Crippen LogP) is 1.10. The maximum atomic E-state index is 12.5. The van der Waals surface area contributed by atoms with Crippen molar-refractivity contribution >= 4 is 5.91 Å². The predicted molar refractivity (Wildman–Crippen MR) is 73.8 cm³/mol. The number of carbonyl (C=O) groups is 1. The van der Waals surface area contributed by atoms with E-state index in [2.05, 4.69) is 10.3 Å². The van der Waals surface area contributed by atoms with Crippen molar-refractivity contribution in [3.63, 3.8) is 0 Å². The van der Waals surface area contributed by atoms with Crippen LogP contribution < -0.4 is 0 Å². The Morgan fingerprint density at radius 2 is 2.33 bits per heavy atom. The van der Waals surface area contributed by atoms with E-state index >= 15 is 0 Å². The normalized spacial score (nSPS) is 17.9. The number of nitrogens with zero attached hydrogens (tertiary/aromatic N) is 4. The summed E-state index contributed by atoms with van der Waals surface area (Å²) in [5.74, 6) is 1.03. The van der Waals surface area contributed by atoms with Gasteiger partial charge in [-0.15, -0.1) is 5.10 Å². The minimum absolute atomic E-state index is 0.0683. The summed E-state index contributed by atoms with van der Waals surface area (Å²) in [7, 11) is 3.52. The third-order valence-electron chi connectivity index (χ3n) is 3.72. The molecule has 0 radical (unpaired) electrons. The van der Waals surface area contributed by atoms with Gasteiger partial charge in [0.25, 0.3) is 5.91 Å². The quantitative estimate of drug-likeness (QED) is 0.846. The number of furan rings is 1. The van der Waals surface area contributed by atoms with Gasteiger partial charge in [-0.25, -0.2) is 0 Å². The molecule has 1 aliphatic heterocycles. The first-order valence-electron chi connectivity index (χ1n) is 6.83. The first-order chi connectivity index (χ1) is 10.1. The molecule has 7 nitrogen and oxygen atoms in total. The van der Waals surface area contributed by atoms with Gasteiger partial charge in [0.15, 0.2) is 5.76 Å². The number of rotatable bonds is 3. The Kier molecular flexibility index (Phi) is 3.50. The number of methoxy groups -OCH3 is 1. The van der Waals surface area contributed by atoms with Crippen LogP contribution in [0.4, 0.5) is 0 Å². The number of fused-ring (bicyclic) bond motifs is 1. The van der Waals surface area contributed by atoms with E-state index in [9.17, 15) is 4.79 Å². The lowest BCUT2D eigenvalue weighted by molar-refractivity contribution is 0.0640. The molecule has 0 N–H and O–H groups in total. The van der Waals surface area contributed by atoms with E-state index in [4.69, 9.17) is 9.15 Å². The second-order valence-electron chi connectivity index (χ2n) is 5.29. The van der Waals surface area contributed by atoms with Crippen LogP contribution in [-0.4, -0.2) is 46.1 Å². The van der Waals surface area contributed by atoms with Crippen LogP contribution in [-0.2, 0) is 18.3 Å². The van der Waals surface area contributed by atoms with Crippen LogP contribution >= 0.6 is 0 Å². The average Bonchev–Trinajstić information content (AvgIpc) is 3.05. The van der Waals surface area contributed by atoms with Crippen LogP contribution in [0.15, 0.2) is 16.5 Å². The molecule has 21 heavy (non-hydrogen) atoms. The van der Waals surface area contributed by atoms with Crippen molar-refractivity contribution < 1.29 is 13.9 Å². The molecule has 0 aromatic carbocycles. The minimum atomic E-state index is -0.125. The molecule has 3 rings (SSSR count). The molecule has 1 unspecified atom stereocenters. The number of ether oxygens (including phenoxy) is 1. The fourth-order valence-corrected chi connectivity index (χ4v) is 2.81. The van der Waals surface area contributed by atoms with E-state index in [0.717, 1.165) is 17.1 Å². The van der Waals surface area contributed by atoms with E-state index in [1.165, 1.54) is 0 Å². The van der Waals surface area contributed by atoms with Crippen LogP contribution in [0.25, 0.3) is 0 Å². The second-order valence-corrected chi connectivity index (χ2v) is 5.29. The molecular formula is C14H18N4O3. The van der Waals surface area contributed by atoms with Crippen LogP contribution in [0, 0.1) is 6.92 Å². The minimum Gasteiger partial charge on any atom is -0.456 e. The molecular weight excluding hydrogens is 272 g/mol. The largest absolute Gasteiger partial charge is 0.456 e. The molecule has 0 saturated carbocycles. The number of hydrogen-bond acceptors (Lipinski definition) is 5. The standard InChI is InChI=1S/C14H18N4O3/c1-9-4-5-12(21-9)14(19)18-6-10(8-20-3)13-11(7-18)15-16-17(13)2/h4-5,10H,6-8H2,1-3H3. The van der Waals surface area contributed by atoms with Gasteiger partial charge in [-0.2, -0.15) is 0 Å². The highest BCUT2D eigenvalue weighted by molar-refractivity contribution is 5.91. The number of carbonyl (C=O) groups excluding carboxylic acids is 1. The highest BCUT2D eigenvalue weighted by Crippen LogP contribution is 2.27. The highest BCUT2D eigenvalue weighted by atomic mass is 16.5. The summed E-state index contributed by atoms with van der Waals surface area (Å²) in [4.78, 5) is 14.3. The van der Waals surface area contributed by atoms with Crippen molar-refractivity contribution in [1.82, 2.24) is 19.9 Å². The zero-order valence-electron chi connectivity index (χ0n) is 12.4. The Bertz CT molecular complexity index is 661. The summed E-state index contributed by atoms with van der Waals surface area (Å²) in [6.07, 6.45) is 0. The van der Waals surface area contributed by atoms with Gasteiger partial charge in [0.05, 0.1) is 18.8 Å². The van der Waals surface area contributed by atoms with Crippen molar-refractivity contribution in [1.29, 1.82) is 0 Å². The summed E-state index contributed by atoms with van der Waals surface area (Å²) >= 11 is 0. The Morgan fingerprint density at radius 3 is 3.00 bits per heavy atom. The van der Waals surface area contributed by atoms with Gasteiger partial charge >= 0.3 is 0 Å². The van der Waals surface area contributed by atoms with Crippen molar-refractivity contribution in [2.75, 3.05) is 20.3 Å². The number of hydrogen-bond donors (Lipinski definition) is 0. The summed E-state index contributed by atoms with van der Waals surface area (Å²) in [5.41, 5.74) is 1.86. The van der Waals surface area contributed by atoms with Gasteiger partial charge in [-0.3, -0.25) is 9.48 Å². The van der Waals surface area contributed by atoms with Gasteiger partial charge in [-0.05, 0) is 19.1 Å². The lowest BCUT2D eigenvalue weighted by Crippen LogP contribution is -2.40. The maximum absolute atomic E-state index is 12.5. The Balaban J connectivity index is 1.87. The highest BCUT2D eigenvalue weighted by Gasteiger charge is 2.33. The van der Waals surface area contributed by atoms with Crippen molar-refractivity contribution in [2.45, 2.75) is 19.4 Å².